The number of halogens is 1. The summed E-state index contributed by atoms with van der Waals surface area (Å²) in [4.78, 5) is 30.0. The Labute approximate surface area is 195 Å². The molecule has 3 aromatic heterocycles. The number of pyridine rings is 2. The van der Waals surface area contributed by atoms with Gasteiger partial charge in [-0.2, -0.15) is 0 Å². The highest BCUT2D eigenvalue weighted by Crippen LogP contribution is 2.35. The third-order valence-corrected chi connectivity index (χ3v) is 6.59. The van der Waals surface area contributed by atoms with Crippen LogP contribution in [0.25, 0.3) is 27.9 Å². The van der Waals surface area contributed by atoms with Crippen molar-refractivity contribution >= 4 is 45.4 Å². The van der Waals surface area contributed by atoms with Crippen LogP contribution >= 0.6 is 11.6 Å². The molecule has 0 saturated heterocycles. The zero-order valence-corrected chi connectivity index (χ0v) is 18.9. The molecule has 0 aliphatic heterocycles. The molecule has 7 nitrogen and oxygen atoms in total. The molecular formula is C25H23ClN4O3. The minimum absolute atomic E-state index is 0.0289. The Morgan fingerprint density at radius 3 is 2.85 bits per heavy atom. The second kappa shape index (κ2) is 8.83. The number of aryl methyl sites for hydroxylation is 1. The molecule has 0 spiro atoms. The molecule has 1 saturated carbocycles. The number of hydrogen-bond acceptors (Lipinski definition) is 5. The first-order valence-electron chi connectivity index (χ1n) is 11.0. The van der Waals surface area contributed by atoms with Gasteiger partial charge in [-0.1, -0.05) is 22.8 Å². The lowest BCUT2D eigenvalue weighted by atomic mass is 9.90. The van der Waals surface area contributed by atoms with Crippen LogP contribution in [-0.2, 0) is 4.79 Å². The Kier molecular flexibility index (Phi) is 5.72. The second-order valence-corrected chi connectivity index (χ2v) is 8.82. The van der Waals surface area contributed by atoms with E-state index < -0.39 is 0 Å². The molecule has 1 fully saturated rings. The number of aromatic nitrogens is 3. The number of nitrogens with one attached hydrogen (secondary N) is 1. The Morgan fingerprint density at radius 2 is 2.03 bits per heavy atom. The summed E-state index contributed by atoms with van der Waals surface area (Å²) in [6.45, 7) is 1.74. The van der Waals surface area contributed by atoms with Crippen LogP contribution in [0.5, 0.6) is 0 Å². The third-order valence-electron chi connectivity index (χ3n) is 6.27. The van der Waals surface area contributed by atoms with E-state index in [2.05, 4.69) is 15.5 Å². The number of amides is 1. The normalized spacial score (nSPS) is 18.8. The monoisotopic (exact) mass is 462 g/mol. The fraction of sp³-hybridized carbons (Fsp3) is 0.280. The Hall–Kier alpha value is -3.45. The Morgan fingerprint density at radius 1 is 1.21 bits per heavy atom. The molecule has 1 amide bonds. The van der Waals surface area contributed by atoms with E-state index in [1.54, 1.807) is 31.5 Å². The summed E-state index contributed by atoms with van der Waals surface area (Å²) in [6, 6.07) is 9.11. The molecule has 1 aliphatic carbocycles. The molecule has 3 heterocycles. The average molecular weight is 463 g/mol. The average Bonchev–Trinajstić information content (AvgIpc) is 3.20. The van der Waals surface area contributed by atoms with Crippen molar-refractivity contribution in [1.82, 2.24) is 20.0 Å². The topological polar surface area (TPSA) is 90.0 Å². The molecule has 1 aromatic carbocycles. The number of fused-ring (bicyclic) bond motifs is 3. The van der Waals surface area contributed by atoms with Gasteiger partial charge in [-0.15, -0.1) is 0 Å². The van der Waals surface area contributed by atoms with E-state index in [9.17, 15) is 9.59 Å². The van der Waals surface area contributed by atoms with Crippen molar-refractivity contribution in [2.45, 2.75) is 44.7 Å². The van der Waals surface area contributed by atoms with Crippen molar-refractivity contribution < 1.29 is 9.32 Å². The van der Waals surface area contributed by atoms with Crippen LogP contribution in [0.1, 0.15) is 43.0 Å². The molecule has 4 aromatic rings. The van der Waals surface area contributed by atoms with Gasteiger partial charge in [0.15, 0.2) is 0 Å². The number of hydrogen-bond donors (Lipinski definition) is 1. The van der Waals surface area contributed by atoms with Gasteiger partial charge >= 0.3 is 0 Å². The second-order valence-electron chi connectivity index (χ2n) is 8.41. The first-order valence-corrected chi connectivity index (χ1v) is 11.4. The first kappa shape index (κ1) is 21.4. The molecule has 2 atom stereocenters. The van der Waals surface area contributed by atoms with E-state index in [1.165, 1.54) is 6.08 Å². The van der Waals surface area contributed by atoms with Gasteiger partial charge in [0.05, 0.1) is 10.5 Å². The maximum absolute atomic E-state index is 13.5. The van der Waals surface area contributed by atoms with Crippen LogP contribution in [0.2, 0.25) is 5.02 Å². The number of carbonyl (C=O) groups excluding carboxylic acids is 1. The lowest BCUT2D eigenvalue weighted by molar-refractivity contribution is -0.117. The summed E-state index contributed by atoms with van der Waals surface area (Å²) in [5.74, 6) is 0.329. The van der Waals surface area contributed by atoms with Crippen LogP contribution in [0.15, 0.2) is 58.1 Å². The highest BCUT2D eigenvalue weighted by atomic mass is 35.5. The maximum Gasteiger partial charge on any atom is 0.264 e. The van der Waals surface area contributed by atoms with Crippen molar-refractivity contribution in [3.63, 3.8) is 0 Å². The third kappa shape index (κ3) is 4.04. The summed E-state index contributed by atoms with van der Waals surface area (Å²) in [7, 11) is 0. The first-order chi connectivity index (χ1) is 16.0. The molecule has 8 heteroatoms. The van der Waals surface area contributed by atoms with Gasteiger partial charge in [0.25, 0.3) is 5.56 Å². The van der Waals surface area contributed by atoms with Gasteiger partial charge < -0.3 is 14.4 Å². The molecule has 2 unspecified atom stereocenters. The van der Waals surface area contributed by atoms with Crippen molar-refractivity contribution in [2.75, 3.05) is 0 Å². The van der Waals surface area contributed by atoms with Gasteiger partial charge in [-0.25, -0.2) is 0 Å². The maximum atomic E-state index is 13.5. The molecule has 168 valence electrons. The fourth-order valence-corrected chi connectivity index (χ4v) is 5.02. The highest BCUT2D eigenvalue weighted by Gasteiger charge is 2.28. The predicted molar refractivity (Wildman–Crippen MR) is 128 cm³/mol. The number of carbonyl (C=O) groups is 1. The zero-order valence-electron chi connectivity index (χ0n) is 18.1. The van der Waals surface area contributed by atoms with Gasteiger partial charge in [-0.05, 0) is 68.5 Å². The predicted octanol–water partition coefficient (Wildman–Crippen LogP) is 4.81. The minimum Gasteiger partial charge on any atom is -0.360 e. The summed E-state index contributed by atoms with van der Waals surface area (Å²) in [6.07, 6.45) is 9.94. The molecule has 1 aliphatic rings. The standard InChI is InChI=1S/C25H23ClN4O3/c1-15-22-24(29-33-15)23-19(26)6-3-7-20(23)30(25(22)32)18-5-2-4-17(14-18)28-21(31)9-8-16-10-12-27-13-11-16/h3,6-13,17-18H,2,4-5,14H2,1H3,(H,28,31). The summed E-state index contributed by atoms with van der Waals surface area (Å²) >= 11 is 6.53. The van der Waals surface area contributed by atoms with Crippen molar-refractivity contribution in [1.29, 1.82) is 0 Å². The van der Waals surface area contributed by atoms with Crippen LogP contribution in [0.3, 0.4) is 0 Å². The van der Waals surface area contributed by atoms with E-state index in [1.807, 2.05) is 28.8 Å². The number of benzene rings is 1. The van der Waals surface area contributed by atoms with E-state index in [-0.39, 0.29) is 23.6 Å². The number of rotatable bonds is 4. The smallest absolute Gasteiger partial charge is 0.264 e. The zero-order chi connectivity index (χ0) is 22.9. The Balaban J connectivity index is 1.45. The molecule has 0 bridgehead atoms. The Bertz CT molecular complexity index is 1420. The summed E-state index contributed by atoms with van der Waals surface area (Å²) < 4.78 is 7.17. The van der Waals surface area contributed by atoms with Crippen LogP contribution in [0.4, 0.5) is 0 Å². The summed E-state index contributed by atoms with van der Waals surface area (Å²) in [5, 5.41) is 8.92. The van der Waals surface area contributed by atoms with Crippen LogP contribution < -0.4 is 10.9 Å². The number of nitrogens with zero attached hydrogens (tertiary/aromatic N) is 3. The van der Waals surface area contributed by atoms with Crippen molar-refractivity contribution in [3.05, 3.63) is 75.5 Å². The van der Waals surface area contributed by atoms with Gasteiger partial charge in [0.2, 0.25) is 5.91 Å². The minimum atomic E-state index is -0.150. The van der Waals surface area contributed by atoms with E-state index >= 15 is 0 Å². The molecule has 1 N–H and O–H groups in total. The van der Waals surface area contributed by atoms with Crippen LogP contribution in [-0.4, -0.2) is 26.7 Å². The van der Waals surface area contributed by atoms with E-state index in [0.29, 0.717) is 28.1 Å². The molecular weight excluding hydrogens is 440 g/mol. The lowest BCUT2D eigenvalue weighted by Crippen LogP contribution is -2.40. The van der Waals surface area contributed by atoms with Crippen molar-refractivity contribution in [2.24, 2.45) is 0 Å². The van der Waals surface area contributed by atoms with Gasteiger partial charge in [0, 0.05) is 35.9 Å². The SMILES string of the molecule is Cc1onc2c1c(=O)n(C1CCCC(NC(=O)C=Cc3ccncc3)C1)c1cccc(Cl)c21. The molecule has 33 heavy (non-hydrogen) atoms. The highest BCUT2D eigenvalue weighted by molar-refractivity contribution is 6.37. The van der Waals surface area contributed by atoms with E-state index in [0.717, 1.165) is 35.7 Å². The van der Waals surface area contributed by atoms with E-state index in [4.69, 9.17) is 16.1 Å². The van der Waals surface area contributed by atoms with Gasteiger partial charge in [-0.3, -0.25) is 14.6 Å². The quantitative estimate of drug-likeness (QED) is 0.439. The largest absolute Gasteiger partial charge is 0.360 e. The van der Waals surface area contributed by atoms with Crippen molar-refractivity contribution in [3.8, 4) is 0 Å². The fourth-order valence-electron chi connectivity index (χ4n) is 4.76. The molecule has 0 radical (unpaired) electrons. The van der Waals surface area contributed by atoms with Gasteiger partial charge in [0.1, 0.15) is 16.7 Å². The lowest BCUT2D eigenvalue weighted by Gasteiger charge is -2.31. The summed E-state index contributed by atoms with van der Waals surface area (Å²) in [5.41, 5.74) is 2.01. The van der Waals surface area contributed by atoms with Crippen LogP contribution in [0, 0.1) is 6.92 Å². The molecule has 5 rings (SSSR count).